The molecule has 4 aromatic rings. The van der Waals surface area contributed by atoms with Gasteiger partial charge in [0.1, 0.15) is 12.4 Å². The third-order valence-corrected chi connectivity index (χ3v) is 5.38. The molecular weight excluding hydrogens is 443 g/mol. The van der Waals surface area contributed by atoms with Crippen LogP contribution in [0.2, 0.25) is 0 Å². The second kappa shape index (κ2) is 10.6. The van der Waals surface area contributed by atoms with Gasteiger partial charge < -0.3 is 4.90 Å². The van der Waals surface area contributed by atoms with E-state index in [1.165, 1.54) is 29.2 Å². The standard InChI is InChI=1S/C28H25FN4O2/c1-3-16-32(27(35)23-14-7-8-15-24(23)29)19-26(34)31-28-30-25(21-11-5-4-6-12-21)18-33(28)22-13-9-10-20(2)17-22/h3-15,17-18H,1,16,19H2,2H3,(H,30,31,34). The Kier molecular flexibility index (Phi) is 7.16. The first-order valence-corrected chi connectivity index (χ1v) is 11.1. The van der Waals surface area contributed by atoms with E-state index in [1.807, 2.05) is 67.7 Å². The molecule has 0 aliphatic heterocycles. The lowest BCUT2D eigenvalue weighted by Crippen LogP contribution is -2.38. The van der Waals surface area contributed by atoms with Crippen LogP contribution in [-0.4, -0.2) is 39.4 Å². The molecular formula is C28H25FN4O2. The van der Waals surface area contributed by atoms with Gasteiger partial charge in [0.2, 0.25) is 11.9 Å². The zero-order chi connectivity index (χ0) is 24.8. The van der Waals surface area contributed by atoms with Gasteiger partial charge in [-0.3, -0.25) is 19.5 Å². The summed E-state index contributed by atoms with van der Waals surface area (Å²) < 4.78 is 16.0. The van der Waals surface area contributed by atoms with Crippen LogP contribution in [0, 0.1) is 12.7 Å². The first kappa shape index (κ1) is 23.6. The lowest BCUT2D eigenvalue weighted by atomic mass is 10.2. The fourth-order valence-electron chi connectivity index (χ4n) is 3.71. The average molecular weight is 469 g/mol. The van der Waals surface area contributed by atoms with Gasteiger partial charge in [0.05, 0.1) is 11.3 Å². The zero-order valence-electron chi connectivity index (χ0n) is 19.3. The van der Waals surface area contributed by atoms with Gasteiger partial charge >= 0.3 is 0 Å². The smallest absolute Gasteiger partial charge is 0.257 e. The van der Waals surface area contributed by atoms with E-state index < -0.39 is 17.6 Å². The number of nitrogens with zero attached hydrogens (tertiary/aromatic N) is 3. The molecule has 7 heteroatoms. The van der Waals surface area contributed by atoms with E-state index in [4.69, 9.17) is 0 Å². The van der Waals surface area contributed by atoms with Crippen LogP contribution < -0.4 is 5.32 Å². The van der Waals surface area contributed by atoms with E-state index in [0.29, 0.717) is 11.6 Å². The molecule has 0 aliphatic rings. The number of nitrogens with one attached hydrogen (secondary N) is 1. The quantitative estimate of drug-likeness (QED) is 0.359. The largest absolute Gasteiger partial charge is 0.326 e. The van der Waals surface area contributed by atoms with Crippen LogP contribution in [0.5, 0.6) is 0 Å². The lowest BCUT2D eigenvalue weighted by Gasteiger charge is -2.21. The third kappa shape index (κ3) is 5.52. The topological polar surface area (TPSA) is 67.2 Å². The summed E-state index contributed by atoms with van der Waals surface area (Å²) in [5.74, 6) is -1.38. The number of benzene rings is 3. The number of imidazole rings is 1. The molecule has 0 atom stereocenters. The van der Waals surface area contributed by atoms with Crippen molar-refractivity contribution in [1.29, 1.82) is 0 Å². The fraction of sp³-hybridized carbons (Fsp3) is 0.107. The first-order valence-electron chi connectivity index (χ1n) is 11.1. The number of halogens is 1. The predicted octanol–water partition coefficient (Wildman–Crippen LogP) is 5.25. The molecule has 4 rings (SSSR count). The highest BCUT2D eigenvalue weighted by Gasteiger charge is 2.22. The maximum atomic E-state index is 14.2. The Balaban J connectivity index is 1.62. The van der Waals surface area contributed by atoms with Crippen molar-refractivity contribution in [3.8, 4) is 16.9 Å². The van der Waals surface area contributed by atoms with Gasteiger partial charge in [-0.05, 0) is 36.8 Å². The summed E-state index contributed by atoms with van der Waals surface area (Å²) in [6.45, 7) is 5.43. The number of rotatable bonds is 8. The molecule has 3 aromatic carbocycles. The molecule has 0 fully saturated rings. The minimum atomic E-state index is -0.644. The summed E-state index contributed by atoms with van der Waals surface area (Å²) in [6, 6.07) is 23.1. The molecule has 1 heterocycles. The molecule has 176 valence electrons. The Morgan fingerprint density at radius 2 is 1.80 bits per heavy atom. The SMILES string of the molecule is C=CCN(CC(=O)Nc1nc(-c2ccccc2)cn1-c1cccc(C)c1)C(=O)c1ccccc1F. The number of aromatic nitrogens is 2. The molecule has 0 radical (unpaired) electrons. The Morgan fingerprint density at radius 3 is 2.51 bits per heavy atom. The molecule has 0 aliphatic carbocycles. The third-order valence-electron chi connectivity index (χ3n) is 5.38. The van der Waals surface area contributed by atoms with E-state index in [-0.39, 0.29) is 18.7 Å². The molecule has 0 unspecified atom stereocenters. The highest BCUT2D eigenvalue weighted by Crippen LogP contribution is 2.24. The monoisotopic (exact) mass is 468 g/mol. The van der Waals surface area contributed by atoms with Crippen LogP contribution in [0.3, 0.4) is 0 Å². The average Bonchev–Trinajstić information content (AvgIpc) is 3.28. The number of amides is 2. The normalized spacial score (nSPS) is 10.6. The molecule has 35 heavy (non-hydrogen) atoms. The van der Waals surface area contributed by atoms with E-state index in [0.717, 1.165) is 16.8 Å². The summed E-state index contributed by atoms with van der Waals surface area (Å²) in [5.41, 5.74) is 3.38. The van der Waals surface area contributed by atoms with E-state index >= 15 is 0 Å². The number of anilines is 1. The summed E-state index contributed by atoms with van der Waals surface area (Å²) in [5, 5.41) is 2.82. The van der Waals surface area contributed by atoms with Gasteiger partial charge in [-0.1, -0.05) is 60.7 Å². The highest BCUT2D eigenvalue weighted by molar-refractivity contribution is 5.99. The van der Waals surface area contributed by atoms with E-state index in [9.17, 15) is 14.0 Å². The van der Waals surface area contributed by atoms with Crippen molar-refractivity contribution < 1.29 is 14.0 Å². The first-order chi connectivity index (χ1) is 17.0. The molecule has 6 nitrogen and oxygen atoms in total. The van der Waals surface area contributed by atoms with Gasteiger partial charge in [-0.15, -0.1) is 6.58 Å². The number of aryl methyl sites for hydroxylation is 1. The number of carbonyl (C=O) groups excluding carboxylic acids is 2. The predicted molar refractivity (Wildman–Crippen MR) is 135 cm³/mol. The molecule has 0 spiro atoms. The van der Waals surface area contributed by atoms with E-state index in [1.54, 1.807) is 10.6 Å². The lowest BCUT2D eigenvalue weighted by molar-refractivity contribution is -0.116. The van der Waals surface area contributed by atoms with Gasteiger partial charge in [-0.25, -0.2) is 9.37 Å². The van der Waals surface area contributed by atoms with Crippen molar-refractivity contribution >= 4 is 17.8 Å². The van der Waals surface area contributed by atoms with Crippen LogP contribution >= 0.6 is 0 Å². The second-order valence-electron chi connectivity index (χ2n) is 8.03. The van der Waals surface area contributed by atoms with Crippen molar-refractivity contribution in [3.63, 3.8) is 0 Å². The maximum Gasteiger partial charge on any atom is 0.257 e. The van der Waals surface area contributed by atoms with Crippen molar-refractivity contribution in [1.82, 2.24) is 14.5 Å². The minimum Gasteiger partial charge on any atom is -0.326 e. The van der Waals surface area contributed by atoms with Crippen molar-refractivity contribution in [2.45, 2.75) is 6.92 Å². The van der Waals surface area contributed by atoms with Crippen molar-refractivity contribution in [2.75, 3.05) is 18.4 Å². The molecule has 0 saturated carbocycles. The summed E-state index contributed by atoms with van der Waals surface area (Å²) in [7, 11) is 0. The Morgan fingerprint density at radius 1 is 1.06 bits per heavy atom. The van der Waals surface area contributed by atoms with Crippen molar-refractivity contribution in [3.05, 3.63) is 115 Å². The molecule has 1 N–H and O–H groups in total. The van der Waals surface area contributed by atoms with Gasteiger partial charge in [0.15, 0.2) is 0 Å². The van der Waals surface area contributed by atoms with Crippen molar-refractivity contribution in [2.24, 2.45) is 0 Å². The number of hydrogen-bond donors (Lipinski definition) is 1. The fourth-order valence-corrected chi connectivity index (χ4v) is 3.71. The van der Waals surface area contributed by atoms with Gasteiger partial charge in [0, 0.05) is 24.0 Å². The van der Waals surface area contributed by atoms with Crippen LogP contribution in [0.25, 0.3) is 16.9 Å². The van der Waals surface area contributed by atoms with Crippen LogP contribution in [-0.2, 0) is 4.79 Å². The number of hydrogen-bond acceptors (Lipinski definition) is 3. The van der Waals surface area contributed by atoms with Crippen LogP contribution in [0.15, 0.2) is 97.7 Å². The molecule has 0 bridgehead atoms. The second-order valence-corrected chi connectivity index (χ2v) is 8.03. The van der Waals surface area contributed by atoms with Crippen LogP contribution in [0.4, 0.5) is 10.3 Å². The Bertz CT molecular complexity index is 1360. The molecule has 2 amide bonds. The molecule has 1 aromatic heterocycles. The van der Waals surface area contributed by atoms with Crippen LogP contribution in [0.1, 0.15) is 15.9 Å². The minimum absolute atomic E-state index is 0.0855. The molecule has 0 saturated heterocycles. The zero-order valence-corrected chi connectivity index (χ0v) is 19.3. The Hall–Kier alpha value is -4.52. The Labute approximate surface area is 203 Å². The summed E-state index contributed by atoms with van der Waals surface area (Å²) >= 11 is 0. The van der Waals surface area contributed by atoms with E-state index in [2.05, 4.69) is 16.9 Å². The van der Waals surface area contributed by atoms with Gasteiger partial charge in [0.25, 0.3) is 5.91 Å². The highest BCUT2D eigenvalue weighted by atomic mass is 19.1. The van der Waals surface area contributed by atoms with Gasteiger partial charge in [-0.2, -0.15) is 0 Å². The summed E-state index contributed by atoms with van der Waals surface area (Å²) in [6.07, 6.45) is 3.35. The summed E-state index contributed by atoms with van der Waals surface area (Å²) in [4.78, 5) is 31.8. The number of carbonyl (C=O) groups is 2. The maximum absolute atomic E-state index is 14.2.